The third kappa shape index (κ3) is 2.71. The monoisotopic (exact) mass is 312 g/mol. The molecule has 0 spiro atoms. The second-order valence-corrected chi connectivity index (χ2v) is 5.09. The highest BCUT2D eigenvalue weighted by Gasteiger charge is 2.30. The minimum absolute atomic E-state index is 0.0211. The predicted octanol–water partition coefficient (Wildman–Crippen LogP) is 2.01. The minimum atomic E-state index is -0.478. The van der Waals surface area contributed by atoms with Gasteiger partial charge < -0.3 is 20.5 Å². The molecule has 1 atom stereocenters. The van der Waals surface area contributed by atoms with E-state index in [1.807, 2.05) is 0 Å². The van der Waals surface area contributed by atoms with Crippen LogP contribution in [0.5, 0.6) is 5.75 Å². The summed E-state index contributed by atoms with van der Waals surface area (Å²) in [7, 11) is 1.32. The van der Waals surface area contributed by atoms with Crippen molar-refractivity contribution < 1.29 is 14.6 Å². The number of halogens is 1. The van der Waals surface area contributed by atoms with Crippen LogP contribution in [0.2, 0.25) is 5.02 Å². The van der Waals surface area contributed by atoms with Gasteiger partial charge in [0.25, 0.3) is 0 Å². The summed E-state index contributed by atoms with van der Waals surface area (Å²) < 4.78 is 4.80. The van der Waals surface area contributed by atoms with Crippen molar-refractivity contribution in [3.8, 4) is 5.75 Å². The molecule has 0 radical (unpaired) electrons. The van der Waals surface area contributed by atoms with Crippen LogP contribution in [0.1, 0.15) is 18.5 Å². The van der Waals surface area contributed by atoms with E-state index in [1.54, 1.807) is 19.1 Å². The number of hydrogen-bond donors (Lipinski definition) is 3. The zero-order valence-electron chi connectivity index (χ0n) is 10.9. The second kappa shape index (κ2) is 5.68. The van der Waals surface area contributed by atoms with Gasteiger partial charge in [0.2, 0.25) is 0 Å². The van der Waals surface area contributed by atoms with E-state index in [4.69, 9.17) is 28.6 Å². The highest BCUT2D eigenvalue weighted by Crippen LogP contribution is 2.32. The fourth-order valence-corrected chi connectivity index (χ4v) is 2.49. The number of carbonyl (C=O) groups excluding carboxylic acids is 1. The maximum Gasteiger partial charge on any atom is 0.337 e. The Bertz CT molecular complexity index is 616. The molecule has 1 aromatic rings. The fraction of sp³-hybridized carbons (Fsp3) is 0.231. The lowest BCUT2D eigenvalue weighted by Crippen LogP contribution is -2.45. The molecule has 106 valence electrons. The maximum absolute atomic E-state index is 11.9. The lowest BCUT2D eigenvalue weighted by Gasteiger charge is -2.29. The number of thiocarbonyl (C=S) groups is 1. The Hall–Kier alpha value is -1.79. The molecule has 20 heavy (non-hydrogen) atoms. The predicted molar refractivity (Wildman–Crippen MR) is 79.4 cm³/mol. The first-order chi connectivity index (χ1) is 9.43. The van der Waals surface area contributed by atoms with Crippen molar-refractivity contribution >= 4 is 34.9 Å². The molecule has 0 saturated carbocycles. The number of nitrogens with one attached hydrogen (secondary N) is 2. The number of benzene rings is 1. The Balaban J connectivity index is 2.50. The van der Waals surface area contributed by atoms with Crippen molar-refractivity contribution in [2.24, 2.45) is 0 Å². The van der Waals surface area contributed by atoms with E-state index < -0.39 is 12.0 Å². The molecule has 0 amide bonds. The first-order valence-corrected chi connectivity index (χ1v) is 6.57. The third-order valence-corrected chi connectivity index (χ3v) is 3.50. The summed E-state index contributed by atoms with van der Waals surface area (Å²) in [5.41, 5.74) is 1.74. The van der Waals surface area contributed by atoms with Gasteiger partial charge in [-0.25, -0.2) is 4.79 Å². The minimum Gasteiger partial charge on any atom is -0.506 e. The molecule has 1 aliphatic heterocycles. The molecule has 0 bridgehead atoms. The average molecular weight is 313 g/mol. The molecule has 1 aromatic carbocycles. The molecular formula is C13H13ClN2O3S. The van der Waals surface area contributed by atoms with Crippen LogP contribution in [-0.2, 0) is 9.53 Å². The van der Waals surface area contributed by atoms with Crippen molar-refractivity contribution in [2.45, 2.75) is 13.0 Å². The number of phenols is 1. The van der Waals surface area contributed by atoms with Gasteiger partial charge in [-0.15, -0.1) is 0 Å². The van der Waals surface area contributed by atoms with E-state index in [2.05, 4.69) is 10.6 Å². The Kier molecular flexibility index (Phi) is 4.15. The van der Waals surface area contributed by atoms with Crippen LogP contribution < -0.4 is 10.6 Å². The van der Waals surface area contributed by atoms with Crippen molar-refractivity contribution in [3.63, 3.8) is 0 Å². The molecule has 0 aliphatic carbocycles. The lowest BCUT2D eigenvalue weighted by atomic mass is 9.95. The van der Waals surface area contributed by atoms with E-state index in [0.29, 0.717) is 21.9 Å². The smallest absolute Gasteiger partial charge is 0.337 e. The molecule has 5 nitrogen and oxygen atoms in total. The summed E-state index contributed by atoms with van der Waals surface area (Å²) in [5, 5.41) is 16.0. The summed E-state index contributed by atoms with van der Waals surface area (Å²) in [4.78, 5) is 11.9. The molecular weight excluding hydrogens is 300 g/mol. The molecule has 0 unspecified atom stereocenters. The van der Waals surface area contributed by atoms with Gasteiger partial charge >= 0.3 is 5.97 Å². The van der Waals surface area contributed by atoms with Crippen LogP contribution >= 0.6 is 23.8 Å². The second-order valence-electron chi connectivity index (χ2n) is 4.27. The van der Waals surface area contributed by atoms with Crippen LogP contribution in [0.15, 0.2) is 29.5 Å². The number of allylic oxidation sites excluding steroid dienone is 1. The molecule has 1 heterocycles. The van der Waals surface area contributed by atoms with E-state index in [9.17, 15) is 9.90 Å². The van der Waals surface area contributed by atoms with Gasteiger partial charge in [-0.05, 0) is 36.8 Å². The Morgan fingerprint density at radius 3 is 2.80 bits per heavy atom. The zero-order valence-corrected chi connectivity index (χ0v) is 12.4. The van der Waals surface area contributed by atoms with Crippen LogP contribution in [0.4, 0.5) is 0 Å². The summed E-state index contributed by atoms with van der Waals surface area (Å²) >= 11 is 11.0. The number of aromatic hydroxyl groups is 1. The summed E-state index contributed by atoms with van der Waals surface area (Å²) in [6, 6.07) is 4.24. The normalized spacial score (nSPS) is 18.4. The number of hydrogen-bond acceptors (Lipinski definition) is 4. The van der Waals surface area contributed by atoms with Crippen molar-refractivity contribution in [3.05, 3.63) is 40.1 Å². The number of carbonyl (C=O) groups is 1. The molecule has 0 aromatic heterocycles. The molecule has 1 aliphatic rings. The summed E-state index contributed by atoms with van der Waals surface area (Å²) in [6.07, 6.45) is 0. The third-order valence-electron chi connectivity index (χ3n) is 2.98. The standard InChI is InChI=1S/C13H13ClN2O3S/c1-6-10(12(18)19-2)11(16-13(20)15-6)7-3-4-9(17)8(14)5-7/h3-5,11,17H,1-2H3,(H2,15,16,20)/t11-/m0/s1. The number of rotatable bonds is 2. The first kappa shape index (κ1) is 14.6. The number of methoxy groups -OCH3 is 1. The summed E-state index contributed by atoms with van der Waals surface area (Å²) in [5.74, 6) is -0.480. The van der Waals surface area contributed by atoms with Crippen molar-refractivity contribution in [2.75, 3.05) is 7.11 Å². The molecule has 3 N–H and O–H groups in total. The van der Waals surface area contributed by atoms with E-state index in [1.165, 1.54) is 13.2 Å². The average Bonchev–Trinajstić information content (AvgIpc) is 2.40. The molecule has 7 heteroatoms. The number of esters is 1. The topological polar surface area (TPSA) is 70.6 Å². The largest absolute Gasteiger partial charge is 0.506 e. The Labute approximate surface area is 126 Å². The zero-order chi connectivity index (χ0) is 14.9. The SMILES string of the molecule is COC(=O)C1=C(C)NC(=S)N[C@H]1c1ccc(O)c(Cl)c1. The maximum atomic E-state index is 11.9. The van der Waals surface area contributed by atoms with Gasteiger partial charge in [0.1, 0.15) is 5.75 Å². The Morgan fingerprint density at radius 1 is 1.50 bits per heavy atom. The van der Waals surface area contributed by atoms with Gasteiger partial charge in [-0.3, -0.25) is 0 Å². The highest BCUT2D eigenvalue weighted by atomic mass is 35.5. The van der Waals surface area contributed by atoms with E-state index >= 15 is 0 Å². The van der Waals surface area contributed by atoms with Gasteiger partial charge in [0.05, 0.1) is 23.7 Å². The highest BCUT2D eigenvalue weighted by molar-refractivity contribution is 7.80. The van der Waals surface area contributed by atoms with Gasteiger partial charge in [-0.1, -0.05) is 17.7 Å². The van der Waals surface area contributed by atoms with E-state index in [0.717, 1.165) is 0 Å². The first-order valence-electron chi connectivity index (χ1n) is 5.79. The van der Waals surface area contributed by atoms with Crippen LogP contribution in [0.25, 0.3) is 0 Å². The lowest BCUT2D eigenvalue weighted by molar-refractivity contribution is -0.136. The van der Waals surface area contributed by atoms with Gasteiger partial charge in [0.15, 0.2) is 5.11 Å². The number of ether oxygens (including phenoxy) is 1. The van der Waals surface area contributed by atoms with Crippen LogP contribution in [0, 0.1) is 0 Å². The fourth-order valence-electron chi connectivity index (χ4n) is 2.03. The van der Waals surface area contributed by atoms with Gasteiger partial charge in [0, 0.05) is 5.70 Å². The van der Waals surface area contributed by atoms with Crippen LogP contribution in [0.3, 0.4) is 0 Å². The quantitative estimate of drug-likeness (QED) is 0.573. The molecule has 0 saturated heterocycles. The number of phenolic OH excluding ortho intramolecular Hbond substituents is 1. The Morgan fingerprint density at radius 2 is 2.20 bits per heavy atom. The molecule has 2 rings (SSSR count). The van der Waals surface area contributed by atoms with Crippen molar-refractivity contribution in [1.29, 1.82) is 0 Å². The van der Waals surface area contributed by atoms with Crippen molar-refractivity contribution in [1.82, 2.24) is 10.6 Å². The van der Waals surface area contributed by atoms with Gasteiger partial charge in [-0.2, -0.15) is 0 Å². The van der Waals surface area contributed by atoms with E-state index in [-0.39, 0.29) is 10.8 Å². The molecule has 0 fully saturated rings. The van der Waals surface area contributed by atoms with Crippen LogP contribution in [-0.4, -0.2) is 23.3 Å². The summed E-state index contributed by atoms with van der Waals surface area (Å²) in [6.45, 7) is 1.74.